The van der Waals surface area contributed by atoms with Gasteiger partial charge in [-0.05, 0) is 75.2 Å². The van der Waals surface area contributed by atoms with E-state index >= 15 is 0 Å². The van der Waals surface area contributed by atoms with E-state index in [0.29, 0.717) is 5.92 Å². The van der Waals surface area contributed by atoms with Gasteiger partial charge in [0.05, 0.1) is 0 Å². The Morgan fingerprint density at radius 2 is 1.48 bits per heavy atom. The molecule has 4 nitrogen and oxygen atoms in total. The van der Waals surface area contributed by atoms with Gasteiger partial charge in [0.1, 0.15) is 0 Å². The van der Waals surface area contributed by atoms with E-state index in [1.54, 1.807) is 0 Å². The van der Waals surface area contributed by atoms with Crippen molar-refractivity contribution in [1.29, 1.82) is 0 Å². The predicted molar refractivity (Wildman–Crippen MR) is 139 cm³/mol. The highest BCUT2D eigenvalue weighted by Gasteiger charge is 2.35. The number of nitrogens with two attached hydrogens (primary N) is 2. The fourth-order valence-electron chi connectivity index (χ4n) is 5.97. The molecule has 0 amide bonds. The lowest BCUT2D eigenvalue weighted by Gasteiger charge is -2.45. The van der Waals surface area contributed by atoms with Gasteiger partial charge in [-0.1, -0.05) is 74.5 Å². The lowest BCUT2D eigenvalue weighted by atomic mass is 9.77. The summed E-state index contributed by atoms with van der Waals surface area (Å²) in [5.41, 5.74) is 15.9. The summed E-state index contributed by atoms with van der Waals surface area (Å²) in [4.78, 5) is 5.37. The second-order valence-electron chi connectivity index (χ2n) is 10.8. The molecule has 2 aromatic rings. The summed E-state index contributed by atoms with van der Waals surface area (Å²) in [5.74, 6) is 0.426. The number of hydrogen-bond acceptors (Lipinski definition) is 4. The first-order valence-corrected chi connectivity index (χ1v) is 13.1. The molecule has 0 bridgehead atoms. The predicted octanol–water partition coefficient (Wildman–Crippen LogP) is 4.69. The van der Waals surface area contributed by atoms with Crippen LogP contribution in [0.5, 0.6) is 0 Å². The van der Waals surface area contributed by atoms with E-state index in [-0.39, 0.29) is 11.1 Å². The van der Waals surface area contributed by atoms with Crippen LogP contribution in [0.3, 0.4) is 0 Å². The molecule has 0 spiro atoms. The maximum Gasteiger partial charge on any atom is 0.0434 e. The molecule has 2 aliphatic heterocycles. The van der Waals surface area contributed by atoms with Crippen LogP contribution in [0, 0.1) is 5.92 Å². The Labute approximate surface area is 201 Å². The van der Waals surface area contributed by atoms with E-state index in [2.05, 4.69) is 84.3 Å². The summed E-state index contributed by atoms with van der Waals surface area (Å²) in [7, 11) is 0. The summed E-state index contributed by atoms with van der Waals surface area (Å²) >= 11 is 0. The number of piperidine rings is 2. The lowest BCUT2D eigenvalue weighted by molar-refractivity contribution is 0.0680. The van der Waals surface area contributed by atoms with Crippen molar-refractivity contribution in [2.24, 2.45) is 17.4 Å². The van der Waals surface area contributed by atoms with E-state index in [9.17, 15) is 0 Å². The summed E-state index contributed by atoms with van der Waals surface area (Å²) in [5, 5.41) is 0. The fourth-order valence-corrected chi connectivity index (χ4v) is 5.97. The normalized spacial score (nSPS) is 22.3. The minimum Gasteiger partial charge on any atom is -0.321 e. The van der Waals surface area contributed by atoms with Crippen LogP contribution in [-0.4, -0.2) is 48.6 Å². The van der Waals surface area contributed by atoms with Crippen molar-refractivity contribution >= 4 is 0 Å². The Kier molecular flexibility index (Phi) is 7.91. The van der Waals surface area contributed by atoms with Crippen LogP contribution in [0.2, 0.25) is 0 Å². The van der Waals surface area contributed by atoms with Crippen molar-refractivity contribution in [3.8, 4) is 0 Å². The Hall–Kier alpha value is -1.72. The minimum atomic E-state index is -0.235. The second-order valence-corrected chi connectivity index (χ2v) is 10.8. The van der Waals surface area contributed by atoms with Gasteiger partial charge in [0, 0.05) is 30.2 Å². The standard InChI is InChI=1S/C29H44N4/c1-24(2)29(31,26-12-7-4-8-13-26)16-9-19-32-20-14-27(15-21-32)33-22-17-28(30,18-23-33)25-10-5-3-6-11-25/h3-8,10-13,24,27H,9,14-23,30-31H2,1-2H3. The monoisotopic (exact) mass is 448 g/mol. The average Bonchev–Trinajstić information content (AvgIpc) is 2.86. The van der Waals surface area contributed by atoms with E-state index in [1.165, 1.54) is 37.1 Å². The van der Waals surface area contributed by atoms with E-state index in [1.807, 2.05) is 0 Å². The van der Waals surface area contributed by atoms with Crippen LogP contribution in [-0.2, 0) is 11.1 Å². The second kappa shape index (κ2) is 10.7. The van der Waals surface area contributed by atoms with Gasteiger partial charge < -0.3 is 21.3 Å². The van der Waals surface area contributed by atoms with Gasteiger partial charge in [0.2, 0.25) is 0 Å². The number of likely N-dealkylation sites (tertiary alicyclic amines) is 2. The molecule has 33 heavy (non-hydrogen) atoms. The van der Waals surface area contributed by atoms with Crippen molar-refractivity contribution < 1.29 is 0 Å². The highest BCUT2D eigenvalue weighted by Crippen LogP contribution is 2.33. The topological polar surface area (TPSA) is 58.5 Å². The van der Waals surface area contributed by atoms with Gasteiger partial charge in [-0.15, -0.1) is 0 Å². The molecule has 2 aromatic carbocycles. The molecule has 4 rings (SSSR count). The summed E-state index contributed by atoms with van der Waals surface area (Å²) in [6.45, 7) is 10.3. The number of benzene rings is 2. The highest BCUT2D eigenvalue weighted by atomic mass is 15.2. The molecule has 2 aliphatic rings. The van der Waals surface area contributed by atoms with E-state index < -0.39 is 0 Å². The molecule has 2 saturated heterocycles. The maximum atomic E-state index is 6.93. The van der Waals surface area contributed by atoms with Crippen molar-refractivity contribution in [1.82, 2.24) is 9.80 Å². The smallest absolute Gasteiger partial charge is 0.0434 e. The van der Waals surface area contributed by atoms with Gasteiger partial charge >= 0.3 is 0 Å². The van der Waals surface area contributed by atoms with Crippen LogP contribution in [0.4, 0.5) is 0 Å². The summed E-state index contributed by atoms with van der Waals surface area (Å²) < 4.78 is 0. The summed E-state index contributed by atoms with van der Waals surface area (Å²) in [6, 6.07) is 22.1. The van der Waals surface area contributed by atoms with Crippen molar-refractivity contribution in [3.05, 3.63) is 71.8 Å². The molecule has 0 radical (unpaired) electrons. The van der Waals surface area contributed by atoms with Gasteiger partial charge in [-0.2, -0.15) is 0 Å². The first-order valence-electron chi connectivity index (χ1n) is 13.1. The third-order valence-electron chi connectivity index (χ3n) is 8.52. The highest BCUT2D eigenvalue weighted by molar-refractivity contribution is 5.25. The third kappa shape index (κ3) is 5.68. The van der Waals surface area contributed by atoms with Crippen LogP contribution >= 0.6 is 0 Å². The largest absolute Gasteiger partial charge is 0.321 e. The quantitative estimate of drug-likeness (QED) is 0.615. The van der Waals surface area contributed by atoms with Crippen LogP contribution in [0.25, 0.3) is 0 Å². The minimum absolute atomic E-state index is 0.150. The number of nitrogens with zero attached hydrogens (tertiary/aromatic N) is 2. The van der Waals surface area contributed by atoms with Crippen molar-refractivity contribution in [3.63, 3.8) is 0 Å². The molecule has 0 aliphatic carbocycles. The Morgan fingerprint density at radius 3 is 2.06 bits per heavy atom. The molecule has 2 fully saturated rings. The zero-order valence-electron chi connectivity index (χ0n) is 20.8. The summed E-state index contributed by atoms with van der Waals surface area (Å²) in [6.07, 6.45) is 6.87. The molecule has 0 aromatic heterocycles. The zero-order chi connectivity index (χ0) is 23.3. The van der Waals surface area contributed by atoms with Crippen LogP contribution in [0.1, 0.15) is 63.5 Å². The molecule has 2 heterocycles. The molecule has 1 atom stereocenters. The molecule has 180 valence electrons. The Bertz CT molecular complexity index is 836. The number of hydrogen-bond donors (Lipinski definition) is 2. The van der Waals surface area contributed by atoms with Gasteiger partial charge in [0.15, 0.2) is 0 Å². The van der Waals surface area contributed by atoms with Gasteiger partial charge in [-0.25, -0.2) is 0 Å². The van der Waals surface area contributed by atoms with E-state index in [0.717, 1.165) is 51.4 Å². The molecule has 4 N–H and O–H groups in total. The SMILES string of the molecule is CC(C)C(N)(CCCN1CCC(N2CCC(N)(c3ccccc3)CC2)CC1)c1ccccc1. The number of rotatable bonds is 8. The molecular weight excluding hydrogens is 404 g/mol. The van der Waals surface area contributed by atoms with Gasteiger partial charge in [0.25, 0.3) is 0 Å². The Balaban J connectivity index is 1.21. The first-order chi connectivity index (χ1) is 15.9. The van der Waals surface area contributed by atoms with Crippen molar-refractivity contribution in [2.45, 2.75) is 69.5 Å². The first kappa shape index (κ1) is 24.4. The lowest BCUT2D eigenvalue weighted by Crippen LogP contribution is -2.53. The van der Waals surface area contributed by atoms with Crippen molar-refractivity contribution in [2.75, 3.05) is 32.7 Å². The molecule has 0 saturated carbocycles. The third-order valence-corrected chi connectivity index (χ3v) is 8.52. The maximum absolute atomic E-state index is 6.93. The van der Waals surface area contributed by atoms with Gasteiger partial charge in [-0.3, -0.25) is 0 Å². The molecule has 1 unspecified atom stereocenters. The average molecular weight is 449 g/mol. The molecule has 4 heteroatoms. The van der Waals surface area contributed by atoms with E-state index in [4.69, 9.17) is 11.5 Å². The fraction of sp³-hybridized carbons (Fsp3) is 0.586. The zero-order valence-corrected chi connectivity index (χ0v) is 20.8. The molecular formula is C29H44N4. The van der Waals surface area contributed by atoms with Crippen LogP contribution in [0.15, 0.2) is 60.7 Å². The van der Waals surface area contributed by atoms with Crippen LogP contribution < -0.4 is 11.5 Å². The Morgan fingerprint density at radius 1 is 0.909 bits per heavy atom.